The highest BCUT2D eigenvalue weighted by molar-refractivity contribution is 5.54. The Morgan fingerprint density at radius 3 is 2.75 bits per heavy atom. The summed E-state index contributed by atoms with van der Waals surface area (Å²) in [7, 11) is 1.50. The van der Waals surface area contributed by atoms with E-state index in [2.05, 4.69) is 4.85 Å². The highest BCUT2D eigenvalue weighted by atomic mass is 16.5. The van der Waals surface area contributed by atoms with Crippen LogP contribution in [0.1, 0.15) is 5.56 Å². The largest absolute Gasteiger partial charge is 0.498 e. The van der Waals surface area contributed by atoms with Crippen LogP contribution in [0.4, 0.5) is 5.69 Å². The summed E-state index contributed by atoms with van der Waals surface area (Å²) in [6, 6.07) is 6.66. The number of nitrogens with zero attached hydrogens (tertiary/aromatic N) is 2. The summed E-state index contributed by atoms with van der Waals surface area (Å²) in [6.07, 6.45) is 0. The van der Waals surface area contributed by atoms with E-state index in [0.717, 1.165) is 0 Å². The lowest BCUT2D eigenvalue weighted by Crippen LogP contribution is -1.83. The van der Waals surface area contributed by atoms with Gasteiger partial charge in [-0.3, -0.25) is 0 Å². The summed E-state index contributed by atoms with van der Waals surface area (Å²) in [6.45, 7) is 6.75. The Hall–Kier alpha value is -2.00. The van der Waals surface area contributed by atoms with E-state index in [9.17, 15) is 0 Å². The number of rotatable bonds is 1. The fourth-order valence-corrected chi connectivity index (χ4v) is 0.830. The smallest absolute Gasteiger partial charge is 0.192 e. The van der Waals surface area contributed by atoms with Crippen LogP contribution in [0.5, 0.6) is 5.75 Å². The minimum Gasteiger partial charge on any atom is -0.498 e. The maximum absolute atomic E-state index is 8.57. The Balaban J connectivity index is 3.24. The third-order valence-corrected chi connectivity index (χ3v) is 1.39. The molecule has 58 valence electrons. The second kappa shape index (κ2) is 3.41. The topological polar surface area (TPSA) is 37.4 Å². The van der Waals surface area contributed by atoms with E-state index >= 15 is 0 Å². The zero-order valence-corrected chi connectivity index (χ0v) is 6.53. The van der Waals surface area contributed by atoms with Crippen LogP contribution in [0, 0.1) is 17.9 Å². The first-order valence-electron chi connectivity index (χ1n) is 3.27. The Labute approximate surface area is 70.6 Å². The van der Waals surface area contributed by atoms with E-state index in [1.165, 1.54) is 13.2 Å². The van der Waals surface area contributed by atoms with Gasteiger partial charge < -0.3 is 4.74 Å². The quantitative estimate of drug-likeness (QED) is 0.587. The molecular formula is C9H6N2O. The maximum Gasteiger partial charge on any atom is 0.192 e. The van der Waals surface area contributed by atoms with Crippen LogP contribution in [-0.4, -0.2) is 7.11 Å². The predicted octanol–water partition coefficient (Wildman–Crippen LogP) is 2.12. The maximum atomic E-state index is 8.57. The summed E-state index contributed by atoms with van der Waals surface area (Å²) in [5.41, 5.74) is 0.867. The zero-order chi connectivity index (χ0) is 8.97. The SMILES string of the molecule is [C-]#[N+]c1cc(C#N)cc(OC)c1. The molecule has 1 rings (SSSR count). The van der Waals surface area contributed by atoms with E-state index < -0.39 is 0 Å². The van der Waals surface area contributed by atoms with E-state index in [-0.39, 0.29) is 0 Å². The highest BCUT2D eigenvalue weighted by Crippen LogP contribution is 2.22. The first kappa shape index (κ1) is 8.10. The summed E-state index contributed by atoms with van der Waals surface area (Å²) in [4.78, 5) is 3.21. The van der Waals surface area contributed by atoms with Gasteiger partial charge in [0, 0.05) is 5.56 Å². The van der Waals surface area contributed by atoms with Gasteiger partial charge >= 0.3 is 0 Å². The lowest BCUT2D eigenvalue weighted by molar-refractivity contribution is 0.415. The number of nitriles is 1. The van der Waals surface area contributed by atoms with Gasteiger partial charge in [0.15, 0.2) is 5.69 Å². The van der Waals surface area contributed by atoms with Gasteiger partial charge in [0.1, 0.15) is 5.75 Å². The average molecular weight is 158 g/mol. The summed E-state index contributed by atoms with van der Waals surface area (Å²) in [5, 5.41) is 8.57. The van der Waals surface area contributed by atoms with Gasteiger partial charge in [-0.1, -0.05) is 0 Å². The molecular weight excluding hydrogens is 152 g/mol. The number of benzene rings is 1. The highest BCUT2D eigenvalue weighted by Gasteiger charge is 1.98. The molecule has 1 aromatic carbocycles. The average Bonchev–Trinajstić information content (AvgIpc) is 2.16. The number of methoxy groups -OCH3 is 1. The molecule has 0 bridgehead atoms. The standard InChI is InChI=1S/C9H6N2O/c1-11-8-3-7(6-10)4-9(5-8)12-2/h3-5H,2H3. The molecule has 0 aliphatic heterocycles. The van der Waals surface area contributed by atoms with Crippen molar-refractivity contribution in [1.29, 1.82) is 5.26 Å². The third-order valence-electron chi connectivity index (χ3n) is 1.39. The van der Waals surface area contributed by atoms with Crippen molar-refractivity contribution in [1.82, 2.24) is 0 Å². The number of ether oxygens (including phenoxy) is 1. The van der Waals surface area contributed by atoms with Crippen LogP contribution in [0.25, 0.3) is 4.85 Å². The monoisotopic (exact) mass is 158 g/mol. The van der Waals surface area contributed by atoms with Crippen LogP contribution >= 0.6 is 0 Å². The van der Waals surface area contributed by atoms with Crippen LogP contribution in [-0.2, 0) is 0 Å². The van der Waals surface area contributed by atoms with Crippen molar-refractivity contribution >= 4 is 5.69 Å². The zero-order valence-electron chi connectivity index (χ0n) is 6.53. The minimum atomic E-state index is 0.422. The second-order valence-corrected chi connectivity index (χ2v) is 2.14. The van der Waals surface area contributed by atoms with Crippen LogP contribution in [0.2, 0.25) is 0 Å². The summed E-state index contributed by atoms with van der Waals surface area (Å²) in [5.74, 6) is 0.542. The molecule has 0 heterocycles. The van der Waals surface area contributed by atoms with Gasteiger partial charge in [-0.05, 0) is 18.2 Å². The summed E-state index contributed by atoms with van der Waals surface area (Å²) < 4.78 is 4.90. The van der Waals surface area contributed by atoms with Crippen molar-refractivity contribution in [3.8, 4) is 11.8 Å². The van der Waals surface area contributed by atoms with Gasteiger partial charge in [0.05, 0.1) is 19.8 Å². The molecule has 0 spiro atoms. The van der Waals surface area contributed by atoms with Crippen molar-refractivity contribution in [2.75, 3.05) is 7.11 Å². The third kappa shape index (κ3) is 1.53. The molecule has 0 atom stereocenters. The molecule has 1 aromatic rings. The van der Waals surface area contributed by atoms with Crippen molar-refractivity contribution < 1.29 is 4.74 Å². The van der Waals surface area contributed by atoms with Crippen LogP contribution in [0.15, 0.2) is 18.2 Å². The first-order chi connectivity index (χ1) is 5.80. The molecule has 0 aliphatic rings. The second-order valence-electron chi connectivity index (χ2n) is 2.14. The van der Waals surface area contributed by atoms with Gasteiger partial charge in [-0.15, -0.1) is 0 Å². The molecule has 12 heavy (non-hydrogen) atoms. The number of hydrogen-bond acceptors (Lipinski definition) is 2. The lowest BCUT2D eigenvalue weighted by Gasteiger charge is -1.99. The normalized spacial score (nSPS) is 8.25. The van der Waals surface area contributed by atoms with Crippen molar-refractivity contribution in [2.45, 2.75) is 0 Å². The molecule has 0 aromatic heterocycles. The van der Waals surface area contributed by atoms with E-state index in [1.54, 1.807) is 12.1 Å². The lowest BCUT2D eigenvalue weighted by atomic mass is 10.2. The molecule has 3 nitrogen and oxygen atoms in total. The van der Waals surface area contributed by atoms with Gasteiger partial charge in [0.2, 0.25) is 0 Å². The number of hydrogen-bond donors (Lipinski definition) is 0. The van der Waals surface area contributed by atoms with E-state index in [1.807, 2.05) is 6.07 Å². The molecule has 0 amide bonds. The van der Waals surface area contributed by atoms with Crippen molar-refractivity contribution in [3.05, 3.63) is 35.2 Å². The fraction of sp³-hybridized carbons (Fsp3) is 0.111. The summed E-state index contributed by atoms with van der Waals surface area (Å²) >= 11 is 0. The molecule has 0 N–H and O–H groups in total. The Bertz CT molecular complexity index is 339. The Morgan fingerprint density at radius 2 is 2.25 bits per heavy atom. The fourth-order valence-electron chi connectivity index (χ4n) is 0.830. The Kier molecular flexibility index (Phi) is 2.30. The molecule has 0 aliphatic carbocycles. The van der Waals surface area contributed by atoms with E-state index in [4.69, 9.17) is 16.6 Å². The molecule has 0 saturated carbocycles. The van der Waals surface area contributed by atoms with Crippen LogP contribution in [0.3, 0.4) is 0 Å². The molecule has 3 heteroatoms. The van der Waals surface area contributed by atoms with Crippen LogP contribution < -0.4 is 4.74 Å². The first-order valence-corrected chi connectivity index (χ1v) is 3.27. The molecule has 0 unspecified atom stereocenters. The molecule has 0 radical (unpaired) electrons. The van der Waals surface area contributed by atoms with Gasteiger partial charge in [-0.25, -0.2) is 4.85 Å². The molecule has 0 fully saturated rings. The van der Waals surface area contributed by atoms with Gasteiger partial charge in [-0.2, -0.15) is 5.26 Å². The molecule has 0 saturated heterocycles. The Morgan fingerprint density at radius 1 is 1.50 bits per heavy atom. The minimum absolute atomic E-state index is 0.422. The van der Waals surface area contributed by atoms with Crippen molar-refractivity contribution in [2.24, 2.45) is 0 Å². The predicted molar refractivity (Wildman–Crippen MR) is 44.0 cm³/mol. The van der Waals surface area contributed by atoms with Crippen molar-refractivity contribution in [3.63, 3.8) is 0 Å². The van der Waals surface area contributed by atoms with Gasteiger partial charge in [0.25, 0.3) is 0 Å². The van der Waals surface area contributed by atoms with E-state index in [0.29, 0.717) is 17.0 Å².